The van der Waals surface area contributed by atoms with Crippen molar-refractivity contribution in [1.82, 2.24) is 0 Å². The van der Waals surface area contributed by atoms with Crippen molar-refractivity contribution in [2.75, 3.05) is 13.7 Å². The van der Waals surface area contributed by atoms with Crippen molar-refractivity contribution in [2.45, 2.75) is 19.8 Å². The Balaban J connectivity index is 2.22. The lowest BCUT2D eigenvalue weighted by molar-refractivity contribution is 0.309. The van der Waals surface area contributed by atoms with Gasteiger partial charge >= 0.3 is 0 Å². The van der Waals surface area contributed by atoms with Crippen molar-refractivity contribution < 1.29 is 14.2 Å². The molecule has 3 nitrogen and oxygen atoms in total. The minimum absolute atomic E-state index is 0.593. The Morgan fingerprint density at radius 3 is 2.43 bits per heavy atom. The van der Waals surface area contributed by atoms with Crippen molar-refractivity contribution in [3.8, 4) is 16.9 Å². The molecule has 0 spiro atoms. The molecule has 2 aromatic rings. The molecule has 0 saturated heterocycles. The predicted molar refractivity (Wildman–Crippen MR) is 88.1 cm³/mol. The van der Waals surface area contributed by atoms with Gasteiger partial charge in [0.05, 0.1) is 13.7 Å². The van der Waals surface area contributed by atoms with E-state index in [-0.39, 0.29) is 0 Å². The molecule has 2 rings (SSSR count). The Hall–Kier alpha value is -1.41. The van der Waals surface area contributed by atoms with Crippen LogP contribution in [0.3, 0.4) is 0 Å². The van der Waals surface area contributed by atoms with Gasteiger partial charge in [0, 0.05) is 5.30 Å². The molecule has 0 radical (unpaired) electrons. The number of ether oxygens (including phenoxy) is 1. The fourth-order valence-electron chi connectivity index (χ4n) is 2.02. The molecule has 112 valence electrons. The van der Waals surface area contributed by atoms with Crippen LogP contribution in [-0.4, -0.2) is 18.6 Å². The van der Waals surface area contributed by atoms with Crippen LogP contribution < -0.4 is 10.0 Å². The van der Waals surface area contributed by atoms with Crippen LogP contribution in [0, 0.1) is 0 Å². The van der Waals surface area contributed by atoms with Gasteiger partial charge in [-0.05, 0) is 35.7 Å². The lowest BCUT2D eigenvalue weighted by atomic mass is 10.1. The summed E-state index contributed by atoms with van der Waals surface area (Å²) in [5, 5.41) is 0.855. The van der Waals surface area contributed by atoms with E-state index in [0.717, 1.165) is 35.0 Å². The van der Waals surface area contributed by atoms with Gasteiger partial charge in [-0.25, -0.2) is 0 Å². The quantitative estimate of drug-likeness (QED) is 0.618. The molecule has 0 aliphatic carbocycles. The van der Waals surface area contributed by atoms with Crippen molar-refractivity contribution in [2.24, 2.45) is 0 Å². The van der Waals surface area contributed by atoms with E-state index in [1.807, 2.05) is 48.5 Å². The van der Waals surface area contributed by atoms with Gasteiger partial charge in [0.15, 0.2) is 0 Å². The maximum absolute atomic E-state index is 10.3. The van der Waals surface area contributed by atoms with Crippen LogP contribution in [0.25, 0.3) is 11.1 Å². The van der Waals surface area contributed by atoms with Crippen LogP contribution >= 0.6 is 8.38 Å². The Bertz CT molecular complexity index is 554. The third-order valence-electron chi connectivity index (χ3n) is 3.22. The third kappa shape index (κ3) is 4.28. The van der Waals surface area contributed by atoms with Crippen LogP contribution in [0.5, 0.6) is 5.75 Å². The van der Waals surface area contributed by atoms with Gasteiger partial charge in [-0.1, -0.05) is 43.7 Å². The van der Waals surface area contributed by atoms with Gasteiger partial charge < -0.3 is 14.2 Å². The van der Waals surface area contributed by atoms with Crippen LogP contribution in [0.4, 0.5) is 0 Å². The molecule has 0 bridgehead atoms. The normalized spacial score (nSPS) is 12.1. The van der Waals surface area contributed by atoms with Crippen molar-refractivity contribution >= 4 is 13.7 Å². The Morgan fingerprint density at radius 1 is 1.05 bits per heavy atom. The molecule has 0 fully saturated rings. The van der Waals surface area contributed by atoms with Crippen molar-refractivity contribution in [3.63, 3.8) is 0 Å². The number of methoxy groups -OCH3 is 1. The summed E-state index contributed by atoms with van der Waals surface area (Å²) in [5.41, 5.74) is 2.05. The van der Waals surface area contributed by atoms with E-state index >= 15 is 0 Å². The van der Waals surface area contributed by atoms with E-state index in [4.69, 9.17) is 9.26 Å². The summed E-state index contributed by atoms with van der Waals surface area (Å²) in [6.45, 7) is 2.70. The molecule has 2 aromatic carbocycles. The predicted octanol–water partition coefficient (Wildman–Crippen LogP) is 4.11. The molecule has 0 aliphatic rings. The van der Waals surface area contributed by atoms with E-state index < -0.39 is 8.38 Å². The van der Waals surface area contributed by atoms with Crippen LogP contribution in [0.1, 0.15) is 19.8 Å². The highest BCUT2D eigenvalue weighted by Gasteiger charge is 2.14. The molecular weight excluding hydrogens is 283 g/mol. The van der Waals surface area contributed by atoms with Crippen molar-refractivity contribution in [1.29, 1.82) is 0 Å². The zero-order valence-corrected chi connectivity index (χ0v) is 13.3. The molecule has 0 saturated carbocycles. The summed E-state index contributed by atoms with van der Waals surface area (Å²) in [6.07, 6.45) is 2.02. The average Bonchev–Trinajstić information content (AvgIpc) is 2.55. The van der Waals surface area contributed by atoms with Crippen LogP contribution in [-0.2, 0) is 4.52 Å². The maximum Gasteiger partial charge on any atom is 0.202 e. The fraction of sp³-hybridized carbons (Fsp3) is 0.294. The van der Waals surface area contributed by atoms with Gasteiger partial charge in [-0.3, -0.25) is 0 Å². The molecule has 1 N–H and O–H groups in total. The fourth-order valence-corrected chi connectivity index (χ4v) is 3.08. The van der Waals surface area contributed by atoms with E-state index in [0.29, 0.717) is 6.61 Å². The first kappa shape index (κ1) is 16.0. The van der Waals surface area contributed by atoms with E-state index in [9.17, 15) is 4.89 Å². The minimum atomic E-state index is -1.57. The zero-order chi connectivity index (χ0) is 15.1. The number of unbranched alkanes of at least 4 members (excludes halogenated alkanes) is 1. The molecule has 4 heteroatoms. The van der Waals surface area contributed by atoms with E-state index in [1.54, 1.807) is 7.11 Å². The highest BCUT2D eigenvalue weighted by Crippen LogP contribution is 2.35. The monoisotopic (exact) mass is 304 g/mol. The SMILES string of the molecule is CCCCOP(O)c1ccccc1-c1ccc(OC)cc1. The van der Waals surface area contributed by atoms with Gasteiger partial charge in [0.25, 0.3) is 0 Å². The number of hydrogen-bond acceptors (Lipinski definition) is 3. The molecule has 1 atom stereocenters. The minimum Gasteiger partial charge on any atom is -0.497 e. The van der Waals surface area contributed by atoms with Gasteiger partial charge in [0.1, 0.15) is 5.75 Å². The highest BCUT2D eigenvalue weighted by molar-refractivity contribution is 7.55. The molecule has 0 heterocycles. The largest absolute Gasteiger partial charge is 0.497 e. The van der Waals surface area contributed by atoms with Gasteiger partial charge in [-0.15, -0.1) is 0 Å². The third-order valence-corrected chi connectivity index (χ3v) is 4.45. The number of benzene rings is 2. The molecule has 0 aromatic heterocycles. The zero-order valence-electron chi connectivity index (χ0n) is 12.5. The summed E-state index contributed by atoms with van der Waals surface area (Å²) in [6, 6.07) is 15.7. The molecule has 1 unspecified atom stereocenters. The molecule has 0 aliphatic heterocycles. The maximum atomic E-state index is 10.3. The smallest absolute Gasteiger partial charge is 0.202 e. The van der Waals surface area contributed by atoms with Gasteiger partial charge in [-0.2, -0.15) is 0 Å². The lowest BCUT2D eigenvalue weighted by Crippen LogP contribution is -2.07. The Labute approximate surface area is 127 Å². The Kier molecular flexibility index (Phi) is 6.19. The van der Waals surface area contributed by atoms with Crippen LogP contribution in [0.15, 0.2) is 48.5 Å². The lowest BCUT2D eigenvalue weighted by Gasteiger charge is -2.15. The highest BCUT2D eigenvalue weighted by atomic mass is 31.2. The number of rotatable bonds is 7. The second-order valence-corrected chi connectivity index (χ2v) is 5.99. The topological polar surface area (TPSA) is 38.7 Å². The first-order chi connectivity index (χ1) is 10.3. The standard InChI is InChI=1S/C17H21O3P/c1-3-4-13-20-21(18)17-8-6-5-7-16(17)14-9-11-15(19-2)12-10-14/h5-12,18H,3-4,13H2,1-2H3. The van der Waals surface area contributed by atoms with E-state index in [2.05, 4.69) is 6.92 Å². The van der Waals surface area contributed by atoms with Crippen LogP contribution in [0.2, 0.25) is 0 Å². The summed E-state index contributed by atoms with van der Waals surface area (Å²) >= 11 is 0. The number of hydrogen-bond donors (Lipinski definition) is 1. The van der Waals surface area contributed by atoms with Crippen molar-refractivity contribution in [3.05, 3.63) is 48.5 Å². The summed E-state index contributed by atoms with van der Waals surface area (Å²) in [4.78, 5) is 10.3. The molecular formula is C17H21O3P. The van der Waals surface area contributed by atoms with Gasteiger partial charge in [0.2, 0.25) is 8.38 Å². The first-order valence-corrected chi connectivity index (χ1v) is 8.33. The summed E-state index contributed by atoms with van der Waals surface area (Å²) < 4.78 is 10.7. The molecule has 21 heavy (non-hydrogen) atoms. The first-order valence-electron chi connectivity index (χ1n) is 7.11. The average molecular weight is 304 g/mol. The molecule has 0 amide bonds. The van der Waals surface area contributed by atoms with E-state index in [1.165, 1.54) is 0 Å². The second kappa shape index (κ2) is 8.14. The second-order valence-electron chi connectivity index (χ2n) is 4.71. The Morgan fingerprint density at radius 2 is 1.76 bits per heavy atom. The summed E-state index contributed by atoms with van der Waals surface area (Å²) in [5.74, 6) is 0.821. The summed E-state index contributed by atoms with van der Waals surface area (Å²) in [7, 11) is 0.0761.